The number of hydrogen-bond acceptors (Lipinski definition) is 3. The van der Waals surface area contributed by atoms with E-state index in [1.807, 2.05) is 0 Å². The maximum atomic E-state index is 13.3. The molecule has 0 atom stereocenters. The summed E-state index contributed by atoms with van der Waals surface area (Å²) in [5.74, 6) is -0.614. The molecule has 0 spiro atoms. The minimum atomic E-state index is -0.614. The number of hydrogen-bond donors (Lipinski definition) is 1. The molecule has 0 radical (unpaired) electrons. The summed E-state index contributed by atoms with van der Waals surface area (Å²) in [6.45, 7) is 0. The Labute approximate surface area is 117 Å². The first-order valence-electron chi connectivity index (χ1n) is 5.14. The highest BCUT2D eigenvalue weighted by atomic mass is 35.5. The SMILES string of the molecule is O=[N+]([O-])c1c(Cl)cccc1Nc1ccc(Cl)c(F)c1. The molecule has 0 aromatic heterocycles. The number of halogens is 3. The van der Waals surface area contributed by atoms with Crippen molar-refractivity contribution in [3.63, 3.8) is 0 Å². The summed E-state index contributed by atoms with van der Waals surface area (Å²) in [6, 6.07) is 8.46. The largest absolute Gasteiger partial charge is 0.350 e. The molecule has 2 rings (SSSR count). The third-order valence-electron chi connectivity index (χ3n) is 2.37. The predicted octanol–water partition coefficient (Wildman–Crippen LogP) is 4.78. The van der Waals surface area contributed by atoms with Crippen LogP contribution in [0.25, 0.3) is 0 Å². The Bertz CT molecular complexity index is 650. The molecule has 0 bridgehead atoms. The van der Waals surface area contributed by atoms with Crippen molar-refractivity contribution in [2.24, 2.45) is 0 Å². The Balaban J connectivity index is 2.40. The monoisotopic (exact) mass is 300 g/mol. The van der Waals surface area contributed by atoms with Crippen LogP contribution >= 0.6 is 23.2 Å². The standard InChI is InChI=1S/C12H7Cl2FN2O2/c13-8-5-4-7(6-10(8)15)16-11-3-1-2-9(14)12(11)17(18)19/h1-6,16H. The molecule has 0 aliphatic carbocycles. The Kier molecular flexibility index (Phi) is 3.87. The first kappa shape index (κ1) is 13.6. The Hall–Kier alpha value is -1.85. The smallest absolute Gasteiger partial charge is 0.311 e. The highest BCUT2D eigenvalue weighted by Crippen LogP contribution is 2.34. The zero-order valence-corrected chi connectivity index (χ0v) is 10.9. The number of nitro benzene ring substituents is 1. The van der Waals surface area contributed by atoms with Crippen molar-refractivity contribution < 1.29 is 9.31 Å². The van der Waals surface area contributed by atoms with Crippen molar-refractivity contribution in [3.8, 4) is 0 Å². The Morgan fingerprint density at radius 2 is 1.89 bits per heavy atom. The lowest BCUT2D eigenvalue weighted by Gasteiger charge is -2.08. The first-order chi connectivity index (χ1) is 8.99. The summed E-state index contributed by atoms with van der Waals surface area (Å²) in [6.07, 6.45) is 0. The van der Waals surface area contributed by atoms with Gasteiger partial charge >= 0.3 is 5.69 Å². The third kappa shape index (κ3) is 2.94. The van der Waals surface area contributed by atoms with Crippen molar-refractivity contribution in [2.75, 3.05) is 5.32 Å². The number of nitrogens with zero attached hydrogens (tertiary/aromatic N) is 1. The van der Waals surface area contributed by atoms with Gasteiger partial charge in [0, 0.05) is 5.69 Å². The molecule has 1 N–H and O–H groups in total. The lowest BCUT2D eigenvalue weighted by Crippen LogP contribution is -1.98. The van der Waals surface area contributed by atoms with Gasteiger partial charge in [-0.15, -0.1) is 0 Å². The number of anilines is 2. The van der Waals surface area contributed by atoms with Gasteiger partial charge in [-0.05, 0) is 30.3 Å². The second-order valence-corrected chi connectivity index (χ2v) is 4.46. The van der Waals surface area contributed by atoms with Gasteiger partial charge in [0.1, 0.15) is 16.5 Å². The van der Waals surface area contributed by atoms with E-state index in [2.05, 4.69) is 5.32 Å². The van der Waals surface area contributed by atoms with Crippen LogP contribution in [0.2, 0.25) is 10.0 Å². The third-order valence-corrected chi connectivity index (χ3v) is 2.98. The molecule has 2 aromatic rings. The van der Waals surface area contributed by atoms with Gasteiger partial charge in [0.15, 0.2) is 0 Å². The van der Waals surface area contributed by atoms with Crippen LogP contribution in [0.4, 0.5) is 21.5 Å². The van der Waals surface area contributed by atoms with E-state index >= 15 is 0 Å². The Morgan fingerprint density at radius 1 is 1.16 bits per heavy atom. The van der Waals surface area contributed by atoms with E-state index in [-0.39, 0.29) is 21.4 Å². The normalized spacial score (nSPS) is 10.3. The van der Waals surface area contributed by atoms with Crippen molar-refractivity contribution in [1.29, 1.82) is 0 Å². The van der Waals surface area contributed by atoms with Crippen molar-refractivity contribution in [1.82, 2.24) is 0 Å². The Morgan fingerprint density at radius 3 is 2.53 bits per heavy atom. The highest BCUT2D eigenvalue weighted by Gasteiger charge is 2.18. The quantitative estimate of drug-likeness (QED) is 0.655. The molecule has 2 aromatic carbocycles. The fourth-order valence-electron chi connectivity index (χ4n) is 1.53. The lowest BCUT2D eigenvalue weighted by molar-refractivity contribution is -0.383. The van der Waals surface area contributed by atoms with Crippen LogP contribution in [0.1, 0.15) is 0 Å². The molecule has 0 fully saturated rings. The molecule has 0 amide bonds. The number of nitrogens with one attached hydrogen (secondary N) is 1. The van der Waals surface area contributed by atoms with Gasteiger partial charge in [-0.1, -0.05) is 29.3 Å². The maximum absolute atomic E-state index is 13.3. The summed E-state index contributed by atoms with van der Waals surface area (Å²) in [5, 5.41) is 13.7. The molecule has 0 aliphatic rings. The van der Waals surface area contributed by atoms with E-state index < -0.39 is 10.7 Å². The average Bonchev–Trinajstić information content (AvgIpc) is 2.33. The summed E-state index contributed by atoms with van der Waals surface area (Å²) < 4.78 is 13.3. The molecule has 98 valence electrons. The fourth-order valence-corrected chi connectivity index (χ4v) is 1.89. The first-order valence-corrected chi connectivity index (χ1v) is 5.89. The topological polar surface area (TPSA) is 55.2 Å². The maximum Gasteiger partial charge on any atom is 0.311 e. The van der Waals surface area contributed by atoms with E-state index in [9.17, 15) is 14.5 Å². The highest BCUT2D eigenvalue weighted by molar-refractivity contribution is 6.33. The van der Waals surface area contributed by atoms with Gasteiger partial charge in [-0.2, -0.15) is 0 Å². The van der Waals surface area contributed by atoms with Gasteiger partial charge in [-0.25, -0.2) is 4.39 Å². The van der Waals surface area contributed by atoms with Crippen molar-refractivity contribution in [2.45, 2.75) is 0 Å². The van der Waals surface area contributed by atoms with Gasteiger partial charge in [0.25, 0.3) is 0 Å². The van der Waals surface area contributed by atoms with Crippen LogP contribution in [0.5, 0.6) is 0 Å². The van der Waals surface area contributed by atoms with E-state index in [0.29, 0.717) is 5.69 Å². The molecule has 0 aliphatic heterocycles. The molecule has 0 unspecified atom stereocenters. The van der Waals surface area contributed by atoms with Crippen LogP contribution in [-0.2, 0) is 0 Å². The van der Waals surface area contributed by atoms with Gasteiger partial charge < -0.3 is 5.32 Å². The van der Waals surface area contributed by atoms with Crippen molar-refractivity contribution >= 4 is 40.3 Å². The lowest BCUT2D eigenvalue weighted by atomic mass is 10.2. The van der Waals surface area contributed by atoms with E-state index in [1.54, 1.807) is 6.07 Å². The zero-order chi connectivity index (χ0) is 14.0. The number of benzene rings is 2. The zero-order valence-electron chi connectivity index (χ0n) is 9.36. The molecular formula is C12H7Cl2FN2O2. The van der Waals surface area contributed by atoms with Gasteiger partial charge in [0.05, 0.1) is 9.95 Å². The molecular weight excluding hydrogens is 294 g/mol. The predicted molar refractivity (Wildman–Crippen MR) is 72.8 cm³/mol. The minimum absolute atomic E-state index is 0.00411. The molecule has 0 heterocycles. The van der Waals surface area contributed by atoms with Crippen LogP contribution in [0.15, 0.2) is 36.4 Å². The molecule has 0 saturated carbocycles. The van der Waals surface area contributed by atoms with Gasteiger partial charge in [-0.3, -0.25) is 10.1 Å². The molecule has 0 saturated heterocycles. The number of para-hydroxylation sites is 1. The summed E-state index contributed by atoms with van der Waals surface area (Å²) in [5.41, 5.74) is 0.256. The summed E-state index contributed by atoms with van der Waals surface area (Å²) in [4.78, 5) is 10.3. The average molecular weight is 301 g/mol. The number of nitro groups is 1. The van der Waals surface area contributed by atoms with Crippen LogP contribution < -0.4 is 5.32 Å². The second-order valence-electron chi connectivity index (χ2n) is 3.65. The molecule has 19 heavy (non-hydrogen) atoms. The molecule has 4 nitrogen and oxygen atoms in total. The van der Waals surface area contributed by atoms with Crippen LogP contribution in [-0.4, -0.2) is 4.92 Å². The van der Waals surface area contributed by atoms with E-state index in [1.165, 1.54) is 24.3 Å². The van der Waals surface area contributed by atoms with E-state index in [4.69, 9.17) is 23.2 Å². The van der Waals surface area contributed by atoms with Crippen LogP contribution in [0, 0.1) is 15.9 Å². The van der Waals surface area contributed by atoms with Crippen LogP contribution in [0.3, 0.4) is 0 Å². The minimum Gasteiger partial charge on any atom is -0.350 e. The second kappa shape index (κ2) is 5.42. The fraction of sp³-hybridized carbons (Fsp3) is 0. The summed E-state index contributed by atoms with van der Waals surface area (Å²) in [7, 11) is 0. The van der Waals surface area contributed by atoms with Gasteiger partial charge in [0.2, 0.25) is 0 Å². The van der Waals surface area contributed by atoms with Crippen molar-refractivity contribution in [3.05, 3.63) is 62.4 Å². The number of rotatable bonds is 3. The van der Waals surface area contributed by atoms with E-state index in [0.717, 1.165) is 6.07 Å². The summed E-state index contributed by atoms with van der Waals surface area (Å²) >= 11 is 11.3. The molecule has 7 heteroatoms.